The van der Waals surface area contributed by atoms with E-state index in [1.54, 1.807) is 0 Å². The van der Waals surface area contributed by atoms with Gasteiger partial charge < -0.3 is 20.5 Å². The van der Waals surface area contributed by atoms with Crippen molar-refractivity contribution >= 4 is 33.7 Å². The van der Waals surface area contributed by atoms with E-state index in [-0.39, 0.29) is 6.10 Å². The molecule has 0 saturated carbocycles. The number of thiocarbonyl (C=S) groups is 1. The van der Waals surface area contributed by atoms with Crippen LogP contribution in [-0.4, -0.2) is 37.5 Å². The normalized spacial score (nSPS) is 18.6. The SMILES string of the molecule is NC(=S)c1ccc(NCC2COCCO2)c2ccccc12. The molecule has 4 nitrogen and oxygen atoms in total. The Morgan fingerprint density at radius 1 is 1.19 bits per heavy atom. The fraction of sp³-hybridized carbons (Fsp3) is 0.312. The Morgan fingerprint density at radius 2 is 2.00 bits per heavy atom. The van der Waals surface area contributed by atoms with Gasteiger partial charge in [-0.3, -0.25) is 0 Å². The number of ether oxygens (including phenoxy) is 2. The largest absolute Gasteiger partial charge is 0.389 e. The summed E-state index contributed by atoms with van der Waals surface area (Å²) >= 11 is 5.12. The van der Waals surface area contributed by atoms with E-state index >= 15 is 0 Å². The van der Waals surface area contributed by atoms with Crippen LogP contribution in [0.15, 0.2) is 36.4 Å². The number of rotatable bonds is 4. The first-order chi connectivity index (χ1) is 10.3. The monoisotopic (exact) mass is 302 g/mol. The molecule has 0 aliphatic carbocycles. The number of fused-ring (bicyclic) bond motifs is 1. The van der Waals surface area contributed by atoms with Crippen molar-refractivity contribution in [3.8, 4) is 0 Å². The van der Waals surface area contributed by atoms with E-state index < -0.39 is 0 Å². The number of benzene rings is 2. The van der Waals surface area contributed by atoms with Gasteiger partial charge in [-0.05, 0) is 17.5 Å². The van der Waals surface area contributed by atoms with Crippen molar-refractivity contribution in [1.29, 1.82) is 0 Å². The van der Waals surface area contributed by atoms with E-state index in [1.165, 1.54) is 0 Å². The van der Waals surface area contributed by atoms with Gasteiger partial charge in [-0.2, -0.15) is 0 Å². The molecule has 1 heterocycles. The average molecular weight is 302 g/mol. The van der Waals surface area contributed by atoms with Crippen LogP contribution >= 0.6 is 12.2 Å². The molecule has 3 N–H and O–H groups in total. The summed E-state index contributed by atoms with van der Waals surface area (Å²) in [7, 11) is 0. The highest BCUT2D eigenvalue weighted by molar-refractivity contribution is 7.80. The molecule has 0 radical (unpaired) electrons. The van der Waals surface area contributed by atoms with Crippen LogP contribution in [-0.2, 0) is 9.47 Å². The molecule has 1 atom stereocenters. The molecule has 0 aromatic heterocycles. The molecular weight excluding hydrogens is 284 g/mol. The van der Waals surface area contributed by atoms with Gasteiger partial charge in [0, 0.05) is 23.2 Å². The fourth-order valence-corrected chi connectivity index (χ4v) is 2.72. The Morgan fingerprint density at radius 3 is 2.71 bits per heavy atom. The van der Waals surface area contributed by atoms with Crippen LogP contribution in [0.4, 0.5) is 5.69 Å². The quantitative estimate of drug-likeness (QED) is 0.849. The summed E-state index contributed by atoms with van der Waals surface area (Å²) in [6.45, 7) is 2.70. The van der Waals surface area contributed by atoms with Crippen LogP contribution in [0, 0.1) is 0 Å². The van der Waals surface area contributed by atoms with Gasteiger partial charge in [0.15, 0.2) is 0 Å². The predicted molar refractivity (Wildman–Crippen MR) is 88.9 cm³/mol. The minimum absolute atomic E-state index is 0.0905. The Labute approximate surface area is 129 Å². The van der Waals surface area contributed by atoms with Crippen molar-refractivity contribution in [3.63, 3.8) is 0 Å². The molecule has 1 saturated heterocycles. The maximum absolute atomic E-state index is 5.80. The Balaban J connectivity index is 1.85. The minimum atomic E-state index is 0.0905. The molecule has 0 bridgehead atoms. The predicted octanol–water partition coefficient (Wildman–Crippen LogP) is 2.30. The summed E-state index contributed by atoms with van der Waals surface area (Å²) < 4.78 is 11.1. The standard InChI is InChI=1S/C16H18N2O2S/c17-16(21)14-5-6-15(13-4-2-1-3-12(13)14)18-9-11-10-19-7-8-20-11/h1-6,11,18H,7-10H2,(H2,17,21). The number of nitrogens with one attached hydrogen (secondary N) is 1. The maximum Gasteiger partial charge on any atom is 0.104 e. The lowest BCUT2D eigenvalue weighted by atomic mass is 10.0. The molecule has 21 heavy (non-hydrogen) atoms. The lowest BCUT2D eigenvalue weighted by Gasteiger charge is -2.24. The van der Waals surface area contributed by atoms with Gasteiger partial charge in [0.2, 0.25) is 0 Å². The van der Waals surface area contributed by atoms with Gasteiger partial charge in [-0.25, -0.2) is 0 Å². The third-order valence-electron chi connectivity index (χ3n) is 3.59. The van der Waals surface area contributed by atoms with E-state index in [4.69, 9.17) is 27.4 Å². The van der Waals surface area contributed by atoms with Crippen molar-refractivity contribution in [1.82, 2.24) is 0 Å². The van der Waals surface area contributed by atoms with Crippen LogP contribution in [0.5, 0.6) is 0 Å². The Hall–Kier alpha value is -1.69. The Bertz CT molecular complexity index is 654. The molecule has 5 heteroatoms. The molecule has 3 rings (SSSR count). The highest BCUT2D eigenvalue weighted by atomic mass is 32.1. The first-order valence-electron chi connectivity index (χ1n) is 7.00. The van der Waals surface area contributed by atoms with Crippen LogP contribution in [0.1, 0.15) is 5.56 Å². The maximum atomic E-state index is 5.80. The number of hydrogen-bond donors (Lipinski definition) is 2. The molecule has 1 aliphatic rings. The molecule has 1 unspecified atom stereocenters. The number of nitrogens with two attached hydrogens (primary N) is 1. The van der Waals surface area contributed by atoms with E-state index in [0.717, 1.165) is 28.6 Å². The summed E-state index contributed by atoms with van der Waals surface area (Å²) in [5, 5.41) is 5.61. The molecule has 0 amide bonds. The number of hydrogen-bond acceptors (Lipinski definition) is 4. The van der Waals surface area contributed by atoms with E-state index in [2.05, 4.69) is 11.4 Å². The summed E-state index contributed by atoms with van der Waals surface area (Å²) in [4.78, 5) is 0.418. The zero-order valence-corrected chi connectivity index (χ0v) is 12.5. The zero-order valence-electron chi connectivity index (χ0n) is 11.7. The highest BCUT2D eigenvalue weighted by Crippen LogP contribution is 2.26. The van der Waals surface area contributed by atoms with Crippen molar-refractivity contribution in [2.75, 3.05) is 31.7 Å². The molecule has 2 aromatic rings. The van der Waals surface area contributed by atoms with Crippen LogP contribution in [0.3, 0.4) is 0 Å². The lowest BCUT2D eigenvalue weighted by molar-refractivity contribution is -0.0818. The van der Waals surface area contributed by atoms with Gasteiger partial charge in [0.25, 0.3) is 0 Å². The molecule has 1 fully saturated rings. The summed E-state index contributed by atoms with van der Waals surface area (Å²) in [5.41, 5.74) is 7.76. The van der Waals surface area contributed by atoms with E-state index in [9.17, 15) is 0 Å². The molecule has 0 spiro atoms. The van der Waals surface area contributed by atoms with Gasteiger partial charge >= 0.3 is 0 Å². The fourth-order valence-electron chi connectivity index (χ4n) is 2.55. The van der Waals surface area contributed by atoms with Gasteiger partial charge in [0.05, 0.1) is 25.9 Å². The molecule has 2 aromatic carbocycles. The van der Waals surface area contributed by atoms with Crippen molar-refractivity contribution in [3.05, 3.63) is 42.0 Å². The van der Waals surface area contributed by atoms with Crippen molar-refractivity contribution < 1.29 is 9.47 Å². The third kappa shape index (κ3) is 3.15. The van der Waals surface area contributed by atoms with Gasteiger partial charge in [-0.1, -0.05) is 36.5 Å². The topological polar surface area (TPSA) is 56.5 Å². The van der Waals surface area contributed by atoms with E-state index in [1.807, 2.05) is 30.3 Å². The van der Waals surface area contributed by atoms with Gasteiger partial charge in [0.1, 0.15) is 4.99 Å². The van der Waals surface area contributed by atoms with Crippen LogP contribution in [0.25, 0.3) is 10.8 Å². The zero-order chi connectivity index (χ0) is 14.7. The second kappa shape index (κ2) is 6.39. The molecule has 110 valence electrons. The first-order valence-corrected chi connectivity index (χ1v) is 7.41. The second-order valence-corrected chi connectivity index (χ2v) is 5.46. The smallest absolute Gasteiger partial charge is 0.104 e. The van der Waals surface area contributed by atoms with Crippen molar-refractivity contribution in [2.24, 2.45) is 5.73 Å². The van der Waals surface area contributed by atoms with Gasteiger partial charge in [-0.15, -0.1) is 0 Å². The van der Waals surface area contributed by atoms with Crippen LogP contribution < -0.4 is 11.1 Å². The number of anilines is 1. The van der Waals surface area contributed by atoms with E-state index in [0.29, 0.717) is 24.8 Å². The minimum Gasteiger partial charge on any atom is -0.389 e. The highest BCUT2D eigenvalue weighted by Gasteiger charge is 2.14. The average Bonchev–Trinajstić information content (AvgIpc) is 2.53. The van der Waals surface area contributed by atoms with Crippen molar-refractivity contribution in [2.45, 2.75) is 6.10 Å². The molecular formula is C16H18N2O2S. The summed E-state index contributed by atoms with van der Waals surface area (Å²) in [5.74, 6) is 0. The lowest BCUT2D eigenvalue weighted by Crippen LogP contribution is -2.34. The Kier molecular flexibility index (Phi) is 4.34. The third-order valence-corrected chi connectivity index (χ3v) is 3.81. The first kappa shape index (κ1) is 14.3. The summed E-state index contributed by atoms with van der Waals surface area (Å²) in [6, 6.07) is 12.1. The molecule has 1 aliphatic heterocycles. The van der Waals surface area contributed by atoms with Crippen LogP contribution in [0.2, 0.25) is 0 Å². The second-order valence-electron chi connectivity index (χ2n) is 5.02. The summed E-state index contributed by atoms with van der Waals surface area (Å²) in [6.07, 6.45) is 0.0905.